The molecule has 0 saturated carbocycles. The second-order valence-corrected chi connectivity index (χ2v) is 12.9. The van der Waals surface area contributed by atoms with E-state index in [0.29, 0.717) is 6.42 Å². The van der Waals surface area contributed by atoms with Crippen LogP contribution in [0.25, 0.3) is 0 Å². The summed E-state index contributed by atoms with van der Waals surface area (Å²) in [5, 5.41) is 9.10. The molecular weight excluding hydrogens is 545 g/mol. The number of alkyl halides is 3. The molecule has 1 rings (SSSR count). The van der Waals surface area contributed by atoms with Gasteiger partial charge in [-0.3, -0.25) is 4.79 Å². The van der Waals surface area contributed by atoms with Crippen molar-refractivity contribution in [2.75, 3.05) is 5.32 Å². The van der Waals surface area contributed by atoms with E-state index in [-0.39, 0.29) is 11.0 Å². The third kappa shape index (κ3) is 17.5. The van der Waals surface area contributed by atoms with Crippen LogP contribution in [-0.4, -0.2) is 21.0 Å². The molecule has 0 aliphatic carbocycles. The van der Waals surface area contributed by atoms with Crippen LogP contribution in [0.15, 0.2) is 18.2 Å². The Kier molecular flexibility index (Phi) is 18.7. The highest BCUT2D eigenvalue weighted by atomic mass is 35.6. The fourth-order valence-electron chi connectivity index (χ4n) is 4.25. The first kappa shape index (κ1) is 34.3. The minimum absolute atomic E-state index is 0.159. The van der Waals surface area contributed by atoms with E-state index in [9.17, 15) is 4.79 Å². The topological polar surface area (TPSA) is 53.2 Å². The number of rotatable bonds is 19. The Morgan fingerprint density at radius 2 is 1.30 bits per heavy atom. The number of carbonyl (C=O) groups excluding carboxylic acids is 1. The molecule has 0 aliphatic heterocycles. The number of halogens is 3. The van der Waals surface area contributed by atoms with Gasteiger partial charge < -0.3 is 16.0 Å². The zero-order chi connectivity index (χ0) is 27.5. The van der Waals surface area contributed by atoms with Crippen LogP contribution in [0.4, 0.5) is 5.69 Å². The number of benzene rings is 1. The largest absolute Gasteiger partial charge is 0.339 e. The number of anilines is 1. The van der Waals surface area contributed by atoms with E-state index in [1.54, 1.807) is 0 Å². The molecule has 4 nitrogen and oxygen atoms in total. The van der Waals surface area contributed by atoms with Gasteiger partial charge >= 0.3 is 0 Å². The Morgan fingerprint density at radius 3 is 1.78 bits per heavy atom. The first-order valence-electron chi connectivity index (χ1n) is 14.1. The van der Waals surface area contributed by atoms with Crippen LogP contribution in [0.1, 0.15) is 121 Å². The molecule has 8 heteroatoms. The van der Waals surface area contributed by atoms with Gasteiger partial charge in [0.25, 0.3) is 0 Å². The van der Waals surface area contributed by atoms with Gasteiger partial charge in [0.2, 0.25) is 9.70 Å². The van der Waals surface area contributed by atoms with Crippen molar-refractivity contribution in [3.05, 3.63) is 29.3 Å². The summed E-state index contributed by atoms with van der Waals surface area (Å²) in [5.41, 5.74) is 3.01. The van der Waals surface area contributed by atoms with Gasteiger partial charge in [0.05, 0.1) is 0 Å². The van der Waals surface area contributed by atoms with Gasteiger partial charge in [-0.25, -0.2) is 0 Å². The second-order valence-electron chi connectivity index (χ2n) is 10.2. The maximum atomic E-state index is 12.5. The maximum absolute atomic E-state index is 12.5. The van der Waals surface area contributed by atoms with Gasteiger partial charge in [0.15, 0.2) is 5.11 Å². The van der Waals surface area contributed by atoms with Gasteiger partial charge in [0, 0.05) is 12.1 Å². The average Bonchev–Trinajstić information content (AvgIpc) is 2.83. The van der Waals surface area contributed by atoms with Crippen LogP contribution in [0, 0.1) is 13.8 Å². The van der Waals surface area contributed by atoms with Crippen molar-refractivity contribution < 1.29 is 4.79 Å². The summed E-state index contributed by atoms with van der Waals surface area (Å²) < 4.78 is -1.75. The smallest absolute Gasteiger partial charge is 0.228 e. The quantitative estimate of drug-likeness (QED) is 0.0648. The van der Waals surface area contributed by atoms with Gasteiger partial charge in [-0.05, 0) is 49.7 Å². The molecule has 0 aromatic heterocycles. The zero-order valence-electron chi connectivity index (χ0n) is 23.1. The molecule has 37 heavy (non-hydrogen) atoms. The van der Waals surface area contributed by atoms with Gasteiger partial charge in [-0.15, -0.1) is 0 Å². The van der Waals surface area contributed by atoms with E-state index in [1.165, 1.54) is 77.0 Å². The summed E-state index contributed by atoms with van der Waals surface area (Å²) in [6, 6.07) is 6.02. The first-order chi connectivity index (χ1) is 17.6. The Hall–Kier alpha value is -0.750. The standard InChI is InChI=1S/C29H48Cl3N3OS/c1-4-5-6-7-8-9-10-11-12-13-14-15-16-17-18-19-26(36)34-27(29(30,31)32)35-28(37)33-25-22-23(2)20-21-24(25)3/h20-22,27H,4-19H2,1-3H3,(H,34,36)(H2,33,35,37)/t27-/m0/s1. The van der Waals surface area contributed by atoms with Crippen LogP contribution in [0.3, 0.4) is 0 Å². The first-order valence-corrected chi connectivity index (χ1v) is 15.7. The van der Waals surface area contributed by atoms with E-state index in [2.05, 4.69) is 22.9 Å². The Labute approximate surface area is 246 Å². The average molecular weight is 593 g/mol. The molecule has 1 amide bonds. The highest BCUT2D eigenvalue weighted by Gasteiger charge is 2.34. The number of amides is 1. The number of nitrogens with one attached hydrogen (secondary N) is 3. The Bertz CT molecular complexity index is 786. The number of unbranched alkanes of at least 4 members (excludes halogenated alkanes) is 14. The lowest BCUT2D eigenvalue weighted by Gasteiger charge is -2.28. The summed E-state index contributed by atoms with van der Waals surface area (Å²) in [5.74, 6) is -0.159. The van der Waals surface area contributed by atoms with Crippen LogP contribution in [0.2, 0.25) is 0 Å². The molecule has 1 aromatic rings. The van der Waals surface area contributed by atoms with Crippen LogP contribution in [-0.2, 0) is 4.79 Å². The van der Waals surface area contributed by atoms with E-state index >= 15 is 0 Å². The highest BCUT2D eigenvalue weighted by molar-refractivity contribution is 7.80. The summed E-state index contributed by atoms with van der Waals surface area (Å²) in [4.78, 5) is 12.5. The van der Waals surface area contributed by atoms with Crippen molar-refractivity contribution in [3.63, 3.8) is 0 Å². The Morgan fingerprint density at radius 1 is 0.811 bits per heavy atom. The van der Waals surface area contributed by atoms with Gasteiger partial charge in [-0.1, -0.05) is 144 Å². The monoisotopic (exact) mass is 591 g/mol. The fraction of sp³-hybridized carbons (Fsp3) is 0.724. The minimum Gasteiger partial charge on any atom is -0.339 e. The fourth-order valence-corrected chi connectivity index (χ4v) is 4.80. The number of hydrogen-bond acceptors (Lipinski definition) is 2. The van der Waals surface area contributed by atoms with E-state index in [0.717, 1.165) is 36.1 Å². The third-order valence-corrected chi connectivity index (χ3v) is 7.43. The predicted octanol–water partition coefficient (Wildman–Crippen LogP) is 9.66. The number of aryl methyl sites for hydroxylation is 2. The van der Waals surface area contributed by atoms with Crippen LogP contribution >= 0.6 is 47.0 Å². The number of carbonyl (C=O) groups is 1. The normalized spacial score (nSPS) is 12.3. The third-order valence-electron chi connectivity index (χ3n) is 6.56. The summed E-state index contributed by atoms with van der Waals surface area (Å²) in [7, 11) is 0. The molecule has 0 spiro atoms. The van der Waals surface area contributed by atoms with Crippen LogP contribution < -0.4 is 16.0 Å². The van der Waals surface area contributed by atoms with Crippen molar-refractivity contribution in [1.82, 2.24) is 10.6 Å². The van der Waals surface area contributed by atoms with E-state index in [1.807, 2.05) is 32.0 Å². The zero-order valence-corrected chi connectivity index (χ0v) is 26.2. The van der Waals surface area contributed by atoms with E-state index < -0.39 is 9.96 Å². The van der Waals surface area contributed by atoms with Crippen molar-refractivity contribution in [3.8, 4) is 0 Å². The lowest BCUT2D eigenvalue weighted by molar-refractivity contribution is -0.122. The maximum Gasteiger partial charge on any atom is 0.228 e. The molecule has 0 radical (unpaired) electrons. The van der Waals surface area contributed by atoms with Crippen LogP contribution in [0.5, 0.6) is 0 Å². The number of hydrogen-bond donors (Lipinski definition) is 3. The summed E-state index contributed by atoms with van der Waals surface area (Å²) in [6.45, 7) is 6.25. The van der Waals surface area contributed by atoms with E-state index in [4.69, 9.17) is 47.0 Å². The van der Waals surface area contributed by atoms with Crippen molar-refractivity contribution in [2.24, 2.45) is 0 Å². The van der Waals surface area contributed by atoms with Gasteiger partial charge in [0.1, 0.15) is 6.17 Å². The summed E-state index contributed by atoms with van der Waals surface area (Å²) >= 11 is 23.7. The second kappa shape index (κ2) is 20.2. The molecule has 212 valence electrons. The molecule has 1 atom stereocenters. The Balaban J connectivity index is 2.17. The predicted molar refractivity (Wildman–Crippen MR) is 167 cm³/mol. The molecule has 0 unspecified atom stereocenters. The SMILES string of the molecule is CCCCCCCCCCCCCCCCCC(=O)N[C@@H](NC(=S)Nc1cc(C)ccc1C)C(Cl)(Cl)Cl. The van der Waals surface area contributed by atoms with Crippen molar-refractivity contribution >= 4 is 63.7 Å². The van der Waals surface area contributed by atoms with Gasteiger partial charge in [-0.2, -0.15) is 0 Å². The highest BCUT2D eigenvalue weighted by Crippen LogP contribution is 2.29. The molecule has 0 bridgehead atoms. The van der Waals surface area contributed by atoms with Crippen molar-refractivity contribution in [2.45, 2.75) is 133 Å². The molecule has 0 heterocycles. The molecular formula is C29H48Cl3N3OS. The lowest BCUT2D eigenvalue weighted by atomic mass is 10.0. The summed E-state index contributed by atoms with van der Waals surface area (Å²) in [6.07, 6.45) is 18.7. The lowest BCUT2D eigenvalue weighted by Crippen LogP contribution is -2.56. The number of thiocarbonyl (C=S) groups is 1. The molecule has 0 saturated heterocycles. The minimum atomic E-state index is -1.75. The molecule has 1 aromatic carbocycles. The molecule has 3 N–H and O–H groups in total. The van der Waals surface area contributed by atoms with Crippen molar-refractivity contribution in [1.29, 1.82) is 0 Å². The molecule has 0 aliphatic rings. The molecule has 0 fully saturated rings.